The summed E-state index contributed by atoms with van der Waals surface area (Å²) in [5.41, 5.74) is 0. The average molecular weight is 1140 g/mol. The molecule has 0 spiro atoms. The number of hydrogen-bond acceptors (Lipinski definition) is 0. The highest BCUT2D eigenvalue weighted by Gasteiger charge is 2.44. The first-order chi connectivity index (χ1) is 26.2. The minimum Gasteiger partial charge on any atom is -1.00 e. The lowest BCUT2D eigenvalue weighted by Crippen LogP contribution is -3.00. The van der Waals surface area contributed by atoms with Gasteiger partial charge in [-0.1, -0.05) is 109 Å². The van der Waals surface area contributed by atoms with Gasteiger partial charge in [-0.2, -0.15) is 0 Å². The molecule has 0 bridgehead atoms. The molecule has 0 N–H and O–H groups in total. The van der Waals surface area contributed by atoms with E-state index in [-0.39, 0.29) is 34.0 Å². The Morgan fingerprint density at radius 3 is 0.589 bits per heavy atom. The highest BCUT2D eigenvalue weighted by molar-refractivity contribution is 14.1. The van der Waals surface area contributed by atoms with E-state index < -0.39 is 44.9 Å². The van der Waals surface area contributed by atoms with Gasteiger partial charge in [0.25, 0.3) is 0 Å². The van der Waals surface area contributed by atoms with Gasteiger partial charge in [0, 0.05) is 0 Å². The molecule has 7 aromatic rings. The van der Waals surface area contributed by atoms with Crippen molar-refractivity contribution in [2.24, 2.45) is 0 Å². The van der Waals surface area contributed by atoms with Crippen LogP contribution in [0.15, 0.2) is 182 Å². The van der Waals surface area contributed by atoms with Gasteiger partial charge in [0.1, 0.15) is 46.4 Å². The summed E-state index contributed by atoms with van der Waals surface area (Å²) >= 11 is 2.41. The fourth-order valence-corrected chi connectivity index (χ4v) is 15.7. The van der Waals surface area contributed by atoms with Crippen molar-refractivity contribution in [2.45, 2.75) is 13.8 Å². The monoisotopic (exact) mass is 1140 g/mol. The van der Waals surface area contributed by atoms with Gasteiger partial charge in [0.2, 0.25) is 0 Å². The van der Waals surface area contributed by atoms with E-state index in [1.807, 2.05) is 0 Å². The van der Waals surface area contributed by atoms with Crippen molar-refractivity contribution < 1.29 is 51.5 Å². The first kappa shape index (κ1) is 47.9. The predicted molar refractivity (Wildman–Crippen MR) is 243 cm³/mol. The van der Waals surface area contributed by atoms with Gasteiger partial charge in [0.15, 0.2) is 23.3 Å². The van der Waals surface area contributed by atoms with E-state index in [4.69, 9.17) is 0 Å². The molecular weight excluding hydrogens is 1100 g/mol. The van der Waals surface area contributed by atoms with Crippen molar-refractivity contribution in [1.29, 1.82) is 0 Å². The van der Waals surface area contributed by atoms with Crippen molar-refractivity contribution in [1.82, 2.24) is 0 Å². The second-order valence-electron chi connectivity index (χ2n) is 12.1. The largest absolute Gasteiger partial charge is 1.00 e. The minimum absolute atomic E-state index is 0. The molecule has 10 heteroatoms. The maximum atomic E-state index is 12.6. The lowest BCUT2D eigenvalue weighted by molar-refractivity contribution is -0.001000. The summed E-state index contributed by atoms with van der Waals surface area (Å²) in [4.78, 5) is 0. The fraction of sp³-hybridized carbons (Fsp3) is 0.0870. The quantitative estimate of drug-likeness (QED) is 0.0625. The molecular formula is C46H40Br2F4I2P2. The third-order valence-corrected chi connectivity index (χ3v) is 20.2. The molecule has 290 valence electrons. The highest BCUT2D eigenvalue weighted by atomic mass is 127. The lowest BCUT2D eigenvalue weighted by Gasteiger charge is -2.26. The normalized spacial score (nSPS) is 10.7. The molecule has 0 saturated carbocycles. The molecule has 7 rings (SSSR count). The zero-order valence-corrected chi connectivity index (χ0v) is 39.9. The Balaban J connectivity index is 0.000000230. The van der Waals surface area contributed by atoms with Gasteiger partial charge in [0.05, 0.1) is 19.5 Å². The van der Waals surface area contributed by atoms with Crippen molar-refractivity contribution in [3.63, 3.8) is 0 Å². The topological polar surface area (TPSA) is 0 Å². The van der Waals surface area contributed by atoms with E-state index in [2.05, 4.69) is 196 Å². The van der Waals surface area contributed by atoms with Crippen molar-refractivity contribution in [2.75, 3.05) is 12.3 Å². The van der Waals surface area contributed by atoms with Crippen LogP contribution in [-0.2, 0) is 0 Å². The Morgan fingerprint density at radius 2 is 0.464 bits per heavy atom. The summed E-state index contributed by atoms with van der Waals surface area (Å²) in [7, 11) is -3.07. The summed E-state index contributed by atoms with van der Waals surface area (Å²) in [6.07, 6.45) is 2.29. The van der Waals surface area contributed by atoms with Gasteiger partial charge < -0.3 is 34.0 Å². The van der Waals surface area contributed by atoms with Crippen LogP contribution in [0.3, 0.4) is 0 Å². The maximum Gasteiger partial charge on any atom is 0.176 e. The van der Waals surface area contributed by atoms with Crippen LogP contribution in [0.4, 0.5) is 17.6 Å². The van der Waals surface area contributed by atoms with E-state index in [9.17, 15) is 17.6 Å². The minimum atomic E-state index is -1.53. The standard InChI is InChI=1S/2C20H20P.C6F4I2.2BrH/c2*1-2-21(18-12-6-3-7-13-18,19-14-8-4-9-15-19)20-16-10-5-11-17-20;7-1-2(8)6(12)4(10)3(9)5(1)11;;/h2*3-17H,2H2,1H3;;2*1H/q2*+1;;;/p-2. The van der Waals surface area contributed by atoms with Crippen LogP contribution in [0.1, 0.15) is 13.8 Å². The molecule has 0 saturated heterocycles. The Bertz CT molecular complexity index is 1780. The molecule has 7 aromatic carbocycles. The van der Waals surface area contributed by atoms with E-state index in [1.54, 1.807) is 0 Å². The van der Waals surface area contributed by atoms with Gasteiger partial charge >= 0.3 is 0 Å². The number of hydrogen-bond donors (Lipinski definition) is 0. The van der Waals surface area contributed by atoms with Gasteiger partial charge in [-0.05, 0) is 132 Å². The summed E-state index contributed by atoms with van der Waals surface area (Å²) < 4.78 is 49.2. The van der Waals surface area contributed by atoms with E-state index in [0.29, 0.717) is 0 Å². The summed E-state index contributed by atoms with van der Waals surface area (Å²) in [5.74, 6) is -5.39. The Labute approximate surface area is 378 Å². The smallest absolute Gasteiger partial charge is 0.176 e. The van der Waals surface area contributed by atoms with Crippen LogP contribution in [-0.4, -0.2) is 12.3 Å². The predicted octanol–water partition coefficient (Wildman–Crippen LogP) is 5.46. The molecule has 0 aromatic heterocycles. The molecule has 0 aliphatic heterocycles. The summed E-state index contributed by atoms with van der Waals surface area (Å²) in [6.45, 7) is 4.64. The zero-order chi connectivity index (χ0) is 38.6. The van der Waals surface area contributed by atoms with Gasteiger partial charge in [-0.25, -0.2) is 17.6 Å². The molecule has 0 heterocycles. The third-order valence-electron chi connectivity index (χ3n) is 9.29. The second-order valence-corrected chi connectivity index (χ2v) is 21.9. The van der Waals surface area contributed by atoms with Crippen LogP contribution in [0.2, 0.25) is 0 Å². The fourth-order valence-electron chi connectivity index (χ4n) is 6.66. The first-order valence-electron chi connectivity index (χ1n) is 17.5. The molecule has 0 atom stereocenters. The Kier molecular flexibility index (Phi) is 19.9. The average Bonchev–Trinajstić information content (AvgIpc) is 3.25. The number of halogens is 8. The highest BCUT2D eigenvalue weighted by Crippen LogP contribution is 2.55. The van der Waals surface area contributed by atoms with Gasteiger partial charge in [-0.15, -0.1) is 0 Å². The molecule has 0 fully saturated rings. The first-order valence-corrected chi connectivity index (χ1v) is 23.6. The van der Waals surface area contributed by atoms with Crippen LogP contribution < -0.4 is 65.8 Å². The number of benzene rings is 7. The second kappa shape index (κ2) is 23.2. The van der Waals surface area contributed by atoms with E-state index >= 15 is 0 Å². The van der Waals surface area contributed by atoms with Crippen LogP contribution in [0.25, 0.3) is 0 Å². The van der Waals surface area contributed by atoms with Crippen molar-refractivity contribution in [3.05, 3.63) is 212 Å². The van der Waals surface area contributed by atoms with Crippen molar-refractivity contribution >= 4 is 91.5 Å². The van der Waals surface area contributed by atoms with Crippen molar-refractivity contribution in [3.8, 4) is 0 Å². The lowest BCUT2D eigenvalue weighted by atomic mass is 10.3. The Morgan fingerprint density at radius 1 is 0.321 bits per heavy atom. The molecule has 0 amide bonds. The number of rotatable bonds is 8. The molecule has 56 heavy (non-hydrogen) atoms. The van der Waals surface area contributed by atoms with Crippen LogP contribution in [0, 0.1) is 30.4 Å². The van der Waals surface area contributed by atoms with Gasteiger partial charge in [-0.3, -0.25) is 0 Å². The maximum absolute atomic E-state index is 12.6. The van der Waals surface area contributed by atoms with Crippen LogP contribution in [0.5, 0.6) is 0 Å². The van der Waals surface area contributed by atoms with E-state index in [0.717, 1.165) is 12.3 Å². The third kappa shape index (κ3) is 10.6. The summed E-state index contributed by atoms with van der Waals surface area (Å²) in [6, 6.07) is 66.0. The van der Waals surface area contributed by atoms with E-state index in [1.165, 1.54) is 77.0 Å². The SMILES string of the molecule is CC[P+](c1ccccc1)(c1ccccc1)c1ccccc1.CC[P+](c1ccccc1)(c1ccccc1)c1ccccc1.Fc1c(F)c(I)c(F)c(F)c1I.[Br-].[Br-]. The van der Waals surface area contributed by atoms with Crippen LogP contribution >= 0.6 is 59.7 Å². The molecule has 0 aliphatic carbocycles. The molecule has 0 aliphatic rings. The Hall–Kier alpha value is -2.46. The molecule has 0 radical (unpaired) electrons. The molecule has 0 unspecified atom stereocenters. The molecule has 0 nitrogen and oxygen atoms in total. The zero-order valence-electron chi connectivity index (χ0n) is 30.7. The summed E-state index contributed by atoms with van der Waals surface area (Å²) in [5, 5.41) is 8.78.